The Morgan fingerprint density at radius 1 is 1.38 bits per heavy atom. The predicted octanol–water partition coefficient (Wildman–Crippen LogP) is 2.14. The average Bonchev–Trinajstić information content (AvgIpc) is 2.52. The third-order valence-corrected chi connectivity index (χ3v) is 3.23. The van der Waals surface area contributed by atoms with E-state index in [2.05, 4.69) is 32.8 Å². The van der Waals surface area contributed by atoms with E-state index in [1.165, 1.54) is 19.3 Å². The van der Waals surface area contributed by atoms with E-state index in [1.54, 1.807) is 0 Å². The molecule has 1 aliphatic carbocycles. The van der Waals surface area contributed by atoms with Gasteiger partial charge in [0.1, 0.15) is 0 Å². The van der Waals surface area contributed by atoms with E-state index in [1.807, 2.05) is 0 Å². The monoisotopic (exact) mass is 185 g/mol. The zero-order chi connectivity index (χ0) is 9.84. The van der Waals surface area contributed by atoms with Crippen LogP contribution in [0.5, 0.6) is 0 Å². The van der Waals surface area contributed by atoms with E-state index in [-0.39, 0.29) is 0 Å². The van der Waals surface area contributed by atoms with Gasteiger partial charge < -0.3 is 9.64 Å². The summed E-state index contributed by atoms with van der Waals surface area (Å²) in [6, 6.07) is 0.738. The van der Waals surface area contributed by atoms with Crippen LogP contribution in [0.3, 0.4) is 0 Å². The van der Waals surface area contributed by atoms with Crippen LogP contribution < -0.4 is 0 Å². The molecule has 0 aromatic heterocycles. The molecule has 0 N–H and O–H groups in total. The second-order valence-corrected chi connectivity index (χ2v) is 4.29. The number of hydrogen-bond acceptors (Lipinski definition) is 2. The topological polar surface area (TPSA) is 12.5 Å². The zero-order valence-corrected chi connectivity index (χ0v) is 9.42. The standard InChI is InChI=1S/C11H23NO/c1-5-13-9(2)10-7-6-8-11(10)12(3)4/h9-11H,5-8H2,1-4H3/t9-,10?,11-/m0/s1. The van der Waals surface area contributed by atoms with Crippen molar-refractivity contribution in [2.75, 3.05) is 20.7 Å². The van der Waals surface area contributed by atoms with Crippen LogP contribution in [0.2, 0.25) is 0 Å². The van der Waals surface area contributed by atoms with Crippen molar-refractivity contribution in [2.45, 2.75) is 45.3 Å². The molecule has 0 bridgehead atoms. The second-order valence-electron chi connectivity index (χ2n) is 4.29. The molecule has 1 fully saturated rings. The molecule has 3 atom stereocenters. The van der Waals surface area contributed by atoms with Gasteiger partial charge in [0, 0.05) is 18.6 Å². The highest BCUT2D eigenvalue weighted by Crippen LogP contribution is 2.32. The number of rotatable bonds is 4. The van der Waals surface area contributed by atoms with E-state index < -0.39 is 0 Å². The molecule has 1 saturated carbocycles. The Balaban J connectivity index is 2.47. The summed E-state index contributed by atoms with van der Waals surface area (Å²) < 4.78 is 5.68. The summed E-state index contributed by atoms with van der Waals surface area (Å²) in [5.74, 6) is 0.745. The highest BCUT2D eigenvalue weighted by molar-refractivity contribution is 4.86. The maximum Gasteiger partial charge on any atom is 0.0589 e. The summed E-state index contributed by atoms with van der Waals surface area (Å²) in [7, 11) is 4.36. The summed E-state index contributed by atoms with van der Waals surface area (Å²) in [4.78, 5) is 2.35. The summed E-state index contributed by atoms with van der Waals surface area (Å²) in [5.41, 5.74) is 0. The van der Waals surface area contributed by atoms with Crippen molar-refractivity contribution in [1.82, 2.24) is 4.90 Å². The SMILES string of the molecule is CCO[C@@H](C)C1CCC[C@@H]1N(C)C. The fraction of sp³-hybridized carbons (Fsp3) is 1.00. The van der Waals surface area contributed by atoms with Gasteiger partial charge in [-0.3, -0.25) is 0 Å². The summed E-state index contributed by atoms with van der Waals surface area (Å²) in [6.45, 7) is 5.14. The fourth-order valence-electron chi connectivity index (χ4n) is 2.54. The first-order valence-electron chi connectivity index (χ1n) is 5.44. The van der Waals surface area contributed by atoms with Gasteiger partial charge in [-0.15, -0.1) is 0 Å². The highest BCUT2D eigenvalue weighted by Gasteiger charge is 2.32. The van der Waals surface area contributed by atoms with E-state index >= 15 is 0 Å². The zero-order valence-electron chi connectivity index (χ0n) is 9.42. The second kappa shape index (κ2) is 4.97. The average molecular weight is 185 g/mol. The van der Waals surface area contributed by atoms with Crippen molar-refractivity contribution in [2.24, 2.45) is 5.92 Å². The van der Waals surface area contributed by atoms with Crippen LogP contribution in [0.15, 0.2) is 0 Å². The molecule has 0 radical (unpaired) electrons. The normalized spacial score (nSPS) is 31.2. The largest absolute Gasteiger partial charge is 0.378 e. The molecule has 0 spiro atoms. The van der Waals surface area contributed by atoms with Gasteiger partial charge in [0.25, 0.3) is 0 Å². The molecule has 0 amide bonds. The van der Waals surface area contributed by atoms with E-state index in [0.717, 1.165) is 18.6 Å². The molecule has 1 rings (SSSR count). The molecule has 13 heavy (non-hydrogen) atoms. The van der Waals surface area contributed by atoms with E-state index in [9.17, 15) is 0 Å². The van der Waals surface area contributed by atoms with Crippen LogP contribution in [0.4, 0.5) is 0 Å². The maximum absolute atomic E-state index is 5.68. The van der Waals surface area contributed by atoms with Crippen LogP contribution in [0.25, 0.3) is 0 Å². The van der Waals surface area contributed by atoms with Gasteiger partial charge in [-0.1, -0.05) is 6.42 Å². The van der Waals surface area contributed by atoms with Crippen molar-refractivity contribution >= 4 is 0 Å². The van der Waals surface area contributed by atoms with Gasteiger partial charge >= 0.3 is 0 Å². The first-order valence-corrected chi connectivity index (χ1v) is 5.44. The number of ether oxygens (including phenoxy) is 1. The maximum atomic E-state index is 5.68. The Morgan fingerprint density at radius 3 is 2.62 bits per heavy atom. The Bertz CT molecular complexity index is 147. The third-order valence-electron chi connectivity index (χ3n) is 3.23. The van der Waals surface area contributed by atoms with Crippen molar-refractivity contribution in [3.8, 4) is 0 Å². The summed E-state index contributed by atoms with van der Waals surface area (Å²) >= 11 is 0. The fourth-order valence-corrected chi connectivity index (χ4v) is 2.54. The Hall–Kier alpha value is -0.0800. The van der Waals surface area contributed by atoms with Crippen molar-refractivity contribution in [3.05, 3.63) is 0 Å². The summed E-state index contributed by atoms with van der Waals surface area (Å²) in [5, 5.41) is 0. The first-order chi connectivity index (χ1) is 6.16. The summed E-state index contributed by atoms with van der Waals surface area (Å²) in [6.07, 6.45) is 4.48. The van der Waals surface area contributed by atoms with Crippen LogP contribution >= 0.6 is 0 Å². The number of nitrogens with zero attached hydrogens (tertiary/aromatic N) is 1. The minimum atomic E-state index is 0.430. The van der Waals surface area contributed by atoms with Crippen molar-refractivity contribution < 1.29 is 4.74 Å². The lowest BCUT2D eigenvalue weighted by Crippen LogP contribution is -2.37. The smallest absolute Gasteiger partial charge is 0.0589 e. The number of hydrogen-bond donors (Lipinski definition) is 0. The van der Waals surface area contributed by atoms with Crippen LogP contribution in [0, 0.1) is 5.92 Å². The lowest BCUT2D eigenvalue weighted by Gasteiger charge is -2.30. The quantitative estimate of drug-likeness (QED) is 0.665. The van der Waals surface area contributed by atoms with Crippen molar-refractivity contribution in [1.29, 1.82) is 0 Å². The minimum Gasteiger partial charge on any atom is -0.378 e. The molecule has 2 heteroatoms. The Labute approximate surface area is 82.3 Å². The van der Waals surface area contributed by atoms with Crippen LogP contribution in [0.1, 0.15) is 33.1 Å². The highest BCUT2D eigenvalue weighted by atomic mass is 16.5. The molecule has 0 aromatic carbocycles. The molecule has 0 aliphatic heterocycles. The van der Waals surface area contributed by atoms with Gasteiger partial charge in [-0.05, 0) is 40.8 Å². The minimum absolute atomic E-state index is 0.430. The van der Waals surface area contributed by atoms with Crippen LogP contribution in [-0.4, -0.2) is 37.7 Å². The Kier molecular flexibility index (Phi) is 4.20. The predicted molar refractivity (Wildman–Crippen MR) is 55.9 cm³/mol. The third kappa shape index (κ3) is 2.68. The molecule has 0 aromatic rings. The first kappa shape index (κ1) is 11.0. The molecule has 1 unspecified atom stereocenters. The van der Waals surface area contributed by atoms with Crippen LogP contribution in [-0.2, 0) is 4.74 Å². The lowest BCUT2D eigenvalue weighted by atomic mass is 9.97. The molecular formula is C11H23NO. The molecule has 1 aliphatic rings. The van der Waals surface area contributed by atoms with E-state index in [4.69, 9.17) is 4.74 Å². The molecule has 0 saturated heterocycles. The van der Waals surface area contributed by atoms with Gasteiger partial charge in [0.05, 0.1) is 6.10 Å². The Morgan fingerprint density at radius 2 is 2.08 bits per heavy atom. The van der Waals surface area contributed by atoms with Gasteiger partial charge in [-0.2, -0.15) is 0 Å². The van der Waals surface area contributed by atoms with Gasteiger partial charge in [-0.25, -0.2) is 0 Å². The van der Waals surface area contributed by atoms with E-state index in [0.29, 0.717) is 6.10 Å². The molecular weight excluding hydrogens is 162 g/mol. The van der Waals surface area contributed by atoms with Gasteiger partial charge in [0.15, 0.2) is 0 Å². The molecule has 78 valence electrons. The van der Waals surface area contributed by atoms with Crippen molar-refractivity contribution in [3.63, 3.8) is 0 Å². The molecule has 0 heterocycles. The molecule has 2 nitrogen and oxygen atoms in total. The lowest BCUT2D eigenvalue weighted by molar-refractivity contribution is 0.0129. The van der Waals surface area contributed by atoms with Gasteiger partial charge in [0.2, 0.25) is 0 Å².